The number of nitrogens with zero attached hydrogens (tertiary/aromatic N) is 2. The molecular weight excluding hydrogens is 276 g/mol. The van der Waals surface area contributed by atoms with Crippen LogP contribution in [0.1, 0.15) is 0 Å². The van der Waals surface area contributed by atoms with E-state index >= 15 is 0 Å². The van der Waals surface area contributed by atoms with Crippen LogP contribution in [-0.4, -0.2) is 22.1 Å². The average molecular weight is 292 g/mol. The molecule has 0 saturated carbocycles. The van der Waals surface area contributed by atoms with E-state index < -0.39 is 0 Å². The van der Waals surface area contributed by atoms with E-state index in [1.165, 1.54) is 0 Å². The van der Waals surface area contributed by atoms with E-state index in [9.17, 15) is 4.79 Å². The second kappa shape index (κ2) is 6.26. The Kier molecular flexibility index (Phi) is 4.01. The van der Waals surface area contributed by atoms with Crippen molar-refractivity contribution in [2.45, 2.75) is 6.54 Å². The molecule has 0 fully saturated rings. The summed E-state index contributed by atoms with van der Waals surface area (Å²) >= 11 is 0. The lowest BCUT2D eigenvalue weighted by Gasteiger charge is -2.08. The highest BCUT2D eigenvalue weighted by Gasteiger charge is 2.15. The van der Waals surface area contributed by atoms with E-state index in [1.54, 1.807) is 6.08 Å². The fourth-order valence-corrected chi connectivity index (χ4v) is 2.37. The first kappa shape index (κ1) is 14.1. The Morgan fingerprint density at radius 1 is 1.14 bits per heavy atom. The number of benzene rings is 2. The van der Waals surface area contributed by atoms with Crippen molar-refractivity contribution >= 4 is 17.0 Å². The van der Waals surface area contributed by atoms with Crippen LogP contribution in [-0.2, 0) is 16.1 Å². The molecule has 3 rings (SSSR count). The van der Waals surface area contributed by atoms with Crippen molar-refractivity contribution < 1.29 is 9.53 Å². The Labute approximate surface area is 128 Å². The number of esters is 1. The Hall–Kier alpha value is -2.88. The van der Waals surface area contributed by atoms with E-state index in [0.29, 0.717) is 0 Å². The van der Waals surface area contributed by atoms with E-state index in [2.05, 4.69) is 11.6 Å². The molecule has 110 valence electrons. The summed E-state index contributed by atoms with van der Waals surface area (Å²) in [4.78, 5) is 16.6. The van der Waals surface area contributed by atoms with Crippen molar-refractivity contribution in [3.63, 3.8) is 0 Å². The highest BCUT2D eigenvalue weighted by atomic mass is 16.5. The van der Waals surface area contributed by atoms with Crippen LogP contribution in [0.3, 0.4) is 0 Å². The summed E-state index contributed by atoms with van der Waals surface area (Å²) in [7, 11) is 0. The molecule has 0 N–H and O–H groups in total. The van der Waals surface area contributed by atoms with Crippen LogP contribution in [0.4, 0.5) is 0 Å². The smallest absolute Gasteiger partial charge is 0.326 e. The molecule has 3 aromatic rings. The number of fused-ring (bicyclic) bond motifs is 1. The number of aromatic nitrogens is 2. The van der Waals surface area contributed by atoms with E-state index in [-0.39, 0.29) is 19.1 Å². The van der Waals surface area contributed by atoms with Gasteiger partial charge in [0.25, 0.3) is 0 Å². The molecule has 4 heteroatoms. The van der Waals surface area contributed by atoms with Crippen molar-refractivity contribution in [3.05, 3.63) is 67.3 Å². The topological polar surface area (TPSA) is 44.1 Å². The molecule has 1 heterocycles. The number of para-hydroxylation sites is 2. The normalized spacial score (nSPS) is 10.5. The summed E-state index contributed by atoms with van der Waals surface area (Å²) in [6.45, 7) is 3.89. The first-order valence-corrected chi connectivity index (χ1v) is 7.07. The van der Waals surface area contributed by atoms with E-state index in [0.717, 1.165) is 22.4 Å². The van der Waals surface area contributed by atoms with Gasteiger partial charge >= 0.3 is 5.97 Å². The lowest BCUT2D eigenvalue weighted by molar-refractivity contribution is -0.142. The number of hydrogen-bond donors (Lipinski definition) is 0. The Balaban J connectivity index is 2.05. The first-order valence-electron chi connectivity index (χ1n) is 7.07. The number of imidazole rings is 1. The summed E-state index contributed by atoms with van der Waals surface area (Å²) in [5, 5.41) is 0. The number of ether oxygens (including phenoxy) is 1. The molecule has 0 aliphatic carbocycles. The van der Waals surface area contributed by atoms with Crippen molar-refractivity contribution in [1.29, 1.82) is 0 Å². The second-order valence-electron chi connectivity index (χ2n) is 4.85. The maximum atomic E-state index is 12.0. The van der Waals surface area contributed by atoms with Gasteiger partial charge < -0.3 is 9.30 Å². The molecule has 1 aromatic heterocycles. The standard InChI is InChI=1S/C18H16N2O2/c1-2-12-22-17(21)13-20-16-11-7-6-10-15(16)19-18(20)14-8-4-3-5-9-14/h2-11H,1,12-13H2. The minimum absolute atomic E-state index is 0.124. The van der Waals surface area contributed by atoms with Gasteiger partial charge in [0.2, 0.25) is 0 Å². The van der Waals surface area contributed by atoms with Gasteiger partial charge in [-0.25, -0.2) is 4.98 Å². The molecule has 0 unspecified atom stereocenters. The van der Waals surface area contributed by atoms with Gasteiger partial charge in [-0.15, -0.1) is 0 Å². The maximum Gasteiger partial charge on any atom is 0.326 e. The third-order valence-corrected chi connectivity index (χ3v) is 3.34. The fourth-order valence-electron chi connectivity index (χ4n) is 2.37. The zero-order valence-electron chi connectivity index (χ0n) is 12.1. The largest absolute Gasteiger partial charge is 0.460 e. The third kappa shape index (κ3) is 2.76. The van der Waals surface area contributed by atoms with Gasteiger partial charge in [-0.05, 0) is 12.1 Å². The van der Waals surface area contributed by atoms with Crippen LogP contribution < -0.4 is 0 Å². The van der Waals surface area contributed by atoms with Gasteiger partial charge in [0, 0.05) is 5.56 Å². The highest BCUT2D eigenvalue weighted by Crippen LogP contribution is 2.24. The van der Waals surface area contributed by atoms with Crippen LogP contribution in [0.2, 0.25) is 0 Å². The predicted molar refractivity (Wildman–Crippen MR) is 86.3 cm³/mol. The van der Waals surface area contributed by atoms with E-state index in [4.69, 9.17) is 4.74 Å². The molecule has 2 aromatic carbocycles. The van der Waals surface area contributed by atoms with Crippen LogP contribution in [0.15, 0.2) is 67.3 Å². The first-order chi connectivity index (χ1) is 10.8. The van der Waals surface area contributed by atoms with Gasteiger partial charge in [-0.1, -0.05) is 55.1 Å². The zero-order chi connectivity index (χ0) is 15.4. The van der Waals surface area contributed by atoms with Crippen molar-refractivity contribution in [3.8, 4) is 11.4 Å². The number of carbonyl (C=O) groups excluding carboxylic acids is 1. The number of hydrogen-bond acceptors (Lipinski definition) is 3. The molecule has 0 saturated heterocycles. The van der Waals surface area contributed by atoms with Gasteiger partial charge in [-0.2, -0.15) is 0 Å². The Morgan fingerprint density at radius 3 is 2.64 bits per heavy atom. The predicted octanol–water partition coefficient (Wildman–Crippen LogP) is 3.43. The summed E-state index contributed by atoms with van der Waals surface area (Å²) < 4.78 is 6.98. The van der Waals surface area contributed by atoms with E-state index in [1.807, 2.05) is 59.2 Å². The lowest BCUT2D eigenvalue weighted by atomic mass is 10.2. The van der Waals surface area contributed by atoms with Crippen LogP contribution in [0.5, 0.6) is 0 Å². The third-order valence-electron chi connectivity index (χ3n) is 3.34. The average Bonchev–Trinajstić information content (AvgIpc) is 2.92. The summed E-state index contributed by atoms with van der Waals surface area (Å²) in [5.74, 6) is 0.456. The van der Waals surface area contributed by atoms with Crippen molar-refractivity contribution in [2.24, 2.45) is 0 Å². The Morgan fingerprint density at radius 2 is 1.86 bits per heavy atom. The molecule has 0 spiro atoms. The molecule has 0 amide bonds. The second-order valence-corrected chi connectivity index (χ2v) is 4.85. The number of rotatable bonds is 5. The minimum atomic E-state index is -0.305. The van der Waals surface area contributed by atoms with Crippen LogP contribution in [0, 0.1) is 0 Å². The summed E-state index contributed by atoms with van der Waals surface area (Å²) in [5.41, 5.74) is 2.74. The fraction of sp³-hybridized carbons (Fsp3) is 0.111. The molecule has 0 aliphatic rings. The highest BCUT2D eigenvalue weighted by molar-refractivity contribution is 5.83. The lowest BCUT2D eigenvalue weighted by Crippen LogP contribution is -2.14. The zero-order valence-corrected chi connectivity index (χ0v) is 12.1. The molecule has 0 bridgehead atoms. The van der Waals surface area contributed by atoms with Gasteiger partial charge in [0.1, 0.15) is 19.0 Å². The molecule has 0 aliphatic heterocycles. The van der Waals surface area contributed by atoms with Gasteiger partial charge in [0.05, 0.1) is 11.0 Å². The van der Waals surface area contributed by atoms with Crippen molar-refractivity contribution in [2.75, 3.05) is 6.61 Å². The van der Waals surface area contributed by atoms with Crippen LogP contribution >= 0.6 is 0 Å². The Bertz CT molecular complexity index is 806. The molecule has 22 heavy (non-hydrogen) atoms. The monoisotopic (exact) mass is 292 g/mol. The maximum absolute atomic E-state index is 12.0. The molecule has 0 atom stereocenters. The molecule has 0 radical (unpaired) electrons. The summed E-state index contributed by atoms with van der Waals surface area (Å²) in [6.07, 6.45) is 1.56. The van der Waals surface area contributed by atoms with Crippen LogP contribution in [0.25, 0.3) is 22.4 Å². The van der Waals surface area contributed by atoms with Crippen molar-refractivity contribution in [1.82, 2.24) is 9.55 Å². The van der Waals surface area contributed by atoms with Gasteiger partial charge in [0.15, 0.2) is 0 Å². The number of carbonyl (C=O) groups is 1. The quantitative estimate of drug-likeness (QED) is 0.534. The SMILES string of the molecule is C=CCOC(=O)Cn1c(-c2ccccc2)nc2ccccc21. The van der Waals surface area contributed by atoms with Gasteiger partial charge in [-0.3, -0.25) is 4.79 Å². The summed E-state index contributed by atoms with van der Waals surface area (Å²) in [6, 6.07) is 17.6. The molecule has 4 nitrogen and oxygen atoms in total. The molecular formula is C18H16N2O2. The minimum Gasteiger partial charge on any atom is -0.460 e.